The van der Waals surface area contributed by atoms with Gasteiger partial charge in [0.15, 0.2) is 0 Å². The van der Waals surface area contributed by atoms with Crippen molar-refractivity contribution in [3.63, 3.8) is 0 Å². The molecule has 0 aromatic carbocycles. The standard InChI is InChI=1S/C13H21N3O/c1-4-13(5-2,6-3)16-12(17)10-8-7-9-15-11(10)14/h7-9H,4-6H2,1-3H3,(H2,14,15)(H,16,17). The maximum atomic E-state index is 12.1. The van der Waals surface area contributed by atoms with E-state index >= 15 is 0 Å². The molecule has 94 valence electrons. The summed E-state index contributed by atoms with van der Waals surface area (Å²) < 4.78 is 0. The predicted molar refractivity (Wildman–Crippen MR) is 69.7 cm³/mol. The van der Waals surface area contributed by atoms with Gasteiger partial charge >= 0.3 is 0 Å². The molecule has 0 radical (unpaired) electrons. The number of pyridine rings is 1. The number of anilines is 1. The third kappa shape index (κ3) is 2.96. The number of nitrogen functional groups attached to an aromatic ring is 1. The topological polar surface area (TPSA) is 68.0 Å². The quantitative estimate of drug-likeness (QED) is 0.823. The molecular formula is C13H21N3O. The second-order valence-corrected chi connectivity index (χ2v) is 4.23. The van der Waals surface area contributed by atoms with Gasteiger partial charge < -0.3 is 11.1 Å². The zero-order valence-electron chi connectivity index (χ0n) is 10.8. The van der Waals surface area contributed by atoms with E-state index in [1.807, 2.05) is 0 Å². The Morgan fingerprint density at radius 2 is 1.94 bits per heavy atom. The molecule has 0 unspecified atom stereocenters. The van der Waals surface area contributed by atoms with Crippen LogP contribution in [-0.2, 0) is 0 Å². The second kappa shape index (κ2) is 5.66. The second-order valence-electron chi connectivity index (χ2n) is 4.23. The summed E-state index contributed by atoms with van der Waals surface area (Å²) >= 11 is 0. The monoisotopic (exact) mass is 235 g/mol. The van der Waals surface area contributed by atoms with Crippen LogP contribution in [0.4, 0.5) is 5.82 Å². The van der Waals surface area contributed by atoms with Crippen LogP contribution in [0.25, 0.3) is 0 Å². The first-order valence-electron chi connectivity index (χ1n) is 6.11. The minimum Gasteiger partial charge on any atom is -0.383 e. The van der Waals surface area contributed by atoms with Crippen molar-refractivity contribution in [1.29, 1.82) is 0 Å². The van der Waals surface area contributed by atoms with Crippen LogP contribution in [0.1, 0.15) is 50.4 Å². The lowest BCUT2D eigenvalue weighted by atomic mass is 9.89. The molecule has 1 rings (SSSR count). The lowest BCUT2D eigenvalue weighted by Crippen LogP contribution is -2.47. The average Bonchev–Trinajstić information content (AvgIpc) is 2.36. The molecule has 1 heterocycles. The maximum absolute atomic E-state index is 12.1. The molecule has 3 N–H and O–H groups in total. The van der Waals surface area contributed by atoms with E-state index in [1.54, 1.807) is 18.3 Å². The van der Waals surface area contributed by atoms with Gasteiger partial charge in [-0.25, -0.2) is 4.98 Å². The summed E-state index contributed by atoms with van der Waals surface area (Å²) in [6, 6.07) is 3.42. The molecule has 0 aliphatic rings. The van der Waals surface area contributed by atoms with Gasteiger partial charge in [-0.2, -0.15) is 0 Å². The van der Waals surface area contributed by atoms with Crippen molar-refractivity contribution in [2.24, 2.45) is 0 Å². The molecule has 1 aromatic heterocycles. The fourth-order valence-electron chi connectivity index (χ4n) is 1.93. The van der Waals surface area contributed by atoms with Crippen molar-refractivity contribution in [3.05, 3.63) is 23.9 Å². The van der Waals surface area contributed by atoms with E-state index in [1.165, 1.54) is 0 Å². The molecule has 1 aromatic rings. The Hall–Kier alpha value is -1.58. The fourth-order valence-corrected chi connectivity index (χ4v) is 1.93. The lowest BCUT2D eigenvalue weighted by molar-refractivity contribution is 0.0889. The summed E-state index contributed by atoms with van der Waals surface area (Å²) in [5.74, 6) is 0.142. The van der Waals surface area contributed by atoms with Gasteiger partial charge in [0, 0.05) is 11.7 Å². The van der Waals surface area contributed by atoms with Gasteiger partial charge in [0.1, 0.15) is 5.82 Å². The van der Waals surface area contributed by atoms with Crippen LogP contribution in [0, 0.1) is 0 Å². The number of carbonyl (C=O) groups excluding carboxylic acids is 1. The first kappa shape index (κ1) is 13.5. The largest absolute Gasteiger partial charge is 0.383 e. The zero-order valence-corrected chi connectivity index (χ0v) is 10.8. The Kier molecular flexibility index (Phi) is 4.49. The number of amides is 1. The highest BCUT2D eigenvalue weighted by molar-refractivity contribution is 5.98. The van der Waals surface area contributed by atoms with Crippen molar-refractivity contribution in [3.8, 4) is 0 Å². The number of rotatable bonds is 5. The van der Waals surface area contributed by atoms with E-state index in [4.69, 9.17) is 5.73 Å². The summed E-state index contributed by atoms with van der Waals surface area (Å²) in [6.07, 6.45) is 4.31. The Morgan fingerprint density at radius 3 is 2.41 bits per heavy atom. The Balaban J connectivity index is 2.89. The highest BCUT2D eigenvalue weighted by Crippen LogP contribution is 2.20. The maximum Gasteiger partial charge on any atom is 0.255 e. The molecule has 0 atom stereocenters. The van der Waals surface area contributed by atoms with Crippen molar-refractivity contribution < 1.29 is 4.79 Å². The Morgan fingerprint density at radius 1 is 1.35 bits per heavy atom. The predicted octanol–water partition coefficient (Wildman–Crippen LogP) is 2.36. The molecule has 0 saturated carbocycles. The number of hydrogen-bond donors (Lipinski definition) is 2. The molecule has 1 amide bonds. The number of hydrogen-bond acceptors (Lipinski definition) is 3. The number of carbonyl (C=O) groups is 1. The van der Waals surface area contributed by atoms with Gasteiger partial charge in [-0.15, -0.1) is 0 Å². The van der Waals surface area contributed by atoms with Crippen molar-refractivity contribution in [2.75, 3.05) is 5.73 Å². The molecule has 4 heteroatoms. The first-order valence-corrected chi connectivity index (χ1v) is 6.11. The molecular weight excluding hydrogens is 214 g/mol. The van der Waals surface area contributed by atoms with Crippen LogP contribution < -0.4 is 11.1 Å². The van der Waals surface area contributed by atoms with E-state index in [0.717, 1.165) is 19.3 Å². The molecule has 0 bridgehead atoms. The highest BCUT2D eigenvalue weighted by atomic mass is 16.1. The van der Waals surface area contributed by atoms with Crippen LogP contribution in [0.5, 0.6) is 0 Å². The van der Waals surface area contributed by atoms with E-state index in [9.17, 15) is 4.79 Å². The molecule has 0 fully saturated rings. The summed E-state index contributed by atoms with van der Waals surface area (Å²) in [5, 5.41) is 3.08. The Bertz CT molecular complexity index is 378. The van der Waals surface area contributed by atoms with Gasteiger partial charge in [-0.1, -0.05) is 20.8 Å². The molecule has 0 saturated heterocycles. The SMILES string of the molecule is CCC(CC)(CC)NC(=O)c1cccnc1N. The van der Waals surface area contributed by atoms with Crippen molar-refractivity contribution in [2.45, 2.75) is 45.6 Å². The smallest absolute Gasteiger partial charge is 0.255 e. The van der Waals surface area contributed by atoms with E-state index < -0.39 is 0 Å². The summed E-state index contributed by atoms with van der Waals surface area (Å²) in [6.45, 7) is 6.25. The molecule has 4 nitrogen and oxygen atoms in total. The average molecular weight is 235 g/mol. The van der Waals surface area contributed by atoms with Crippen LogP contribution in [0.2, 0.25) is 0 Å². The van der Waals surface area contributed by atoms with Crippen molar-refractivity contribution >= 4 is 11.7 Å². The van der Waals surface area contributed by atoms with E-state index in [0.29, 0.717) is 5.56 Å². The van der Waals surface area contributed by atoms with Crippen LogP contribution >= 0.6 is 0 Å². The third-order valence-corrected chi connectivity index (χ3v) is 3.49. The summed E-state index contributed by atoms with van der Waals surface area (Å²) in [4.78, 5) is 16.1. The van der Waals surface area contributed by atoms with Gasteiger partial charge in [-0.05, 0) is 31.4 Å². The number of nitrogens with two attached hydrogens (primary N) is 1. The molecule has 0 spiro atoms. The molecule has 0 aliphatic carbocycles. The number of nitrogens with zero attached hydrogens (tertiary/aromatic N) is 1. The minimum absolute atomic E-state index is 0.138. The van der Waals surface area contributed by atoms with Gasteiger partial charge in [0.25, 0.3) is 5.91 Å². The van der Waals surface area contributed by atoms with Crippen LogP contribution in [0.15, 0.2) is 18.3 Å². The zero-order chi connectivity index (χ0) is 12.9. The number of nitrogens with one attached hydrogen (secondary N) is 1. The normalized spacial score (nSPS) is 11.2. The first-order chi connectivity index (χ1) is 8.08. The van der Waals surface area contributed by atoms with Gasteiger partial charge in [0.05, 0.1) is 5.56 Å². The third-order valence-electron chi connectivity index (χ3n) is 3.49. The van der Waals surface area contributed by atoms with E-state index in [2.05, 4.69) is 31.1 Å². The van der Waals surface area contributed by atoms with E-state index in [-0.39, 0.29) is 17.3 Å². The summed E-state index contributed by atoms with van der Waals surface area (Å²) in [5.41, 5.74) is 6.00. The van der Waals surface area contributed by atoms with Crippen LogP contribution in [0.3, 0.4) is 0 Å². The molecule has 17 heavy (non-hydrogen) atoms. The van der Waals surface area contributed by atoms with Crippen molar-refractivity contribution in [1.82, 2.24) is 10.3 Å². The lowest BCUT2D eigenvalue weighted by Gasteiger charge is -2.31. The molecule has 0 aliphatic heterocycles. The Labute approximate surface area is 103 Å². The van der Waals surface area contributed by atoms with Gasteiger partial charge in [-0.3, -0.25) is 4.79 Å². The summed E-state index contributed by atoms with van der Waals surface area (Å²) in [7, 11) is 0. The minimum atomic E-state index is -0.140. The fraction of sp³-hybridized carbons (Fsp3) is 0.538. The van der Waals surface area contributed by atoms with Gasteiger partial charge in [0.2, 0.25) is 0 Å². The van der Waals surface area contributed by atoms with Crippen LogP contribution in [-0.4, -0.2) is 16.4 Å². The highest BCUT2D eigenvalue weighted by Gasteiger charge is 2.26. The number of aromatic nitrogens is 1.